The van der Waals surface area contributed by atoms with Gasteiger partial charge in [0.15, 0.2) is 0 Å². The zero-order valence-electron chi connectivity index (χ0n) is 14.8. The van der Waals surface area contributed by atoms with Crippen molar-refractivity contribution in [3.63, 3.8) is 0 Å². The summed E-state index contributed by atoms with van der Waals surface area (Å²) in [5.41, 5.74) is 18.8. The van der Waals surface area contributed by atoms with Crippen LogP contribution in [0.5, 0.6) is 0 Å². The predicted molar refractivity (Wildman–Crippen MR) is 92.1 cm³/mol. The fourth-order valence-electron chi connectivity index (χ4n) is 3.05. The molecule has 1 fully saturated rings. The first kappa shape index (κ1) is 19.6. The van der Waals surface area contributed by atoms with Crippen LogP contribution in [0.3, 0.4) is 0 Å². The second-order valence-corrected chi connectivity index (χ2v) is 6.90. The third-order valence-corrected chi connectivity index (χ3v) is 3.24. The lowest BCUT2D eigenvalue weighted by Crippen LogP contribution is -2.61. The van der Waals surface area contributed by atoms with E-state index in [9.17, 15) is 0 Å². The van der Waals surface area contributed by atoms with Crippen molar-refractivity contribution >= 4 is 0 Å². The Morgan fingerprint density at radius 3 is 1.86 bits per heavy atom. The van der Waals surface area contributed by atoms with Crippen molar-refractivity contribution in [3.8, 4) is 0 Å². The lowest BCUT2D eigenvalue weighted by atomic mass is 9.79. The molecule has 0 aromatic rings. The number of allylic oxidation sites excluding steroid dienone is 2. The molecule has 0 radical (unpaired) electrons. The first-order valence-corrected chi connectivity index (χ1v) is 7.76. The Morgan fingerprint density at radius 1 is 1.05 bits per heavy atom. The molecular formula is C16H35N5. The smallest absolute Gasteiger partial charge is 0.120 e. The molecule has 0 aliphatic carbocycles. The van der Waals surface area contributed by atoms with Crippen molar-refractivity contribution in [1.82, 2.24) is 10.6 Å². The average molecular weight is 297 g/mol. The third kappa shape index (κ3) is 7.27. The van der Waals surface area contributed by atoms with Gasteiger partial charge in [0.2, 0.25) is 0 Å². The summed E-state index contributed by atoms with van der Waals surface area (Å²) in [4.78, 5) is 0. The van der Waals surface area contributed by atoms with Gasteiger partial charge in [0.25, 0.3) is 0 Å². The Morgan fingerprint density at radius 2 is 1.48 bits per heavy atom. The molecule has 1 aliphatic heterocycles. The molecule has 0 amide bonds. The molecule has 1 heterocycles. The Kier molecular flexibility index (Phi) is 7.10. The summed E-state index contributed by atoms with van der Waals surface area (Å²) < 4.78 is 0. The van der Waals surface area contributed by atoms with Crippen molar-refractivity contribution in [2.24, 2.45) is 17.2 Å². The van der Waals surface area contributed by atoms with Gasteiger partial charge in [-0.2, -0.15) is 0 Å². The standard InChI is InChI=1S/C14H29N5.C2H6/c1-9(15)6-11(16)12(17)18-10-7-13(2,3)19-14(4,5)8-10;1-2/h6,10,18-19H,7-8,15-17H2,1-5H3;1-2H3/b9-6-,12-11-;. The van der Waals surface area contributed by atoms with Gasteiger partial charge in [-0.15, -0.1) is 0 Å². The summed E-state index contributed by atoms with van der Waals surface area (Å²) in [5.74, 6) is 0.503. The zero-order chi connectivity index (χ0) is 16.8. The normalized spacial score (nSPS) is 22.7. The van der Waals surface area contributed by atoms with Crippen LogP contribution in [0.15, 0.2) is 23.3 Å². The van der Waals surface area contributed by atoms with Gasteiger partial charge < -0.3 is 27.8 Å². The van der Waals surface area contributed by atoms with Crippen LogP contribution < -0.4 is 27.8 Å². The van der Waals surface area contributed by atoms with Crippen LogP contribution in [0.1, 0.15) is 61.3 Å². The third-order valence-electron chi connectivity index (χ3n) is 3.24. The molecule has 5 heteroatoms. The van der Waals surface area contributed by atoms with E-state index in [1.54, 1.807) is 13.0 Å². The summed E-state index contributed by atoms with van der Waals surface area (Å²) in [5, 5.41) is 6.96. The zero-order valence-corrected chi connectivity index (χ0v) is 14.8. The molecule has 1 aliphatic rings. The van der Waals surface area contributed by atoms with Crippen molar-refractivity contribution in [3.05, 3.63) is 23.3 Å². The van der Waals surface area contributed by atoms with Crippen LogP contribution >= 0.6 is 0 Å². The monoisotopic (exact) mass is 297 g/mol. The van der Waals surface area contributed by atoms with E-state index in [4.69, 9.17) is 17.2 Å². The maximum absolute atomic E-state index is 6.00. The van der Waals surface area contributed by atoms with Crippen LogP contribution in [0.4, 0.5) is 0 Å². The van der Waals surface area contributed by atoms with Crippen LogP contribution in [-0.2, 0) is 0 Å². The Hall–Kier alpha value is -1.36. The molecule has 0 bridgehead atoms. The quantitative estimate of drug-likeness (QED) is 0.512. The van der Waals surface area contributed by atoms with Crippen molar-refractivity contribution in [1.29, 1.82) is 0 Å². The fraction of sp³-hybridized carbons (Fsp3) is 0.750. The number of hydrogen-bond donors (Lipinski definition) is 5. The fourth-order valence-corrected chi connectivity index (χ4v) is 3.05. The Balaban J connectivity index is 0.00000191. The van der Waals surface area contributed by atoms with E-state index in [1.807, 2.05) is 13.8 Å². The van der Waals surface area contributed by atoms with Crippen molar-refractivity contribution < 1.29 is 0 Å². The lowest BCUT2D eigenvalue weighted by Gasteiger charge is -2.47. The summed E-state index contributed by atoms with van der Waals surface area (Å²) >= 11 is 0. The number of nitrogens with one attached hydrogen (secondary N) is 2. The highest BCUT2D eigenvalue weighted by molar-refractivity contribution is 5.22. The highest BCUT2D eigenvalue weighted by atomic mass is 15.1. The molecule has 0 aromatic carbocycles. The molecule has 8 N–H and O–H groups in total. The van der Waals surface area contributed by atoms with Crippen molar-refractivity contribution in [2.45, 2.75) is 78.4 Å². The van der Waals surface area contributed by atoms with E-state index in [2.05, 4.69) is 38.3 Å². The van der Waals surface area contributed by atoms with Gasteiger partial charge >= 0.3 is 0 Å². The van der Waals surface area contributed by atoms with E-state index in [1.165, 1.54) is 0 Å². The van der Waals surface area contributed by atoms with Crippen LogP contribution in [0, 0.1) is 0 Å². The van der Waals surface area contributed by atoms with Gasteiger partial charge in [-0.3, -0.25) is 0 Å². The molecule has 0 spiro atoms. The van der Waals surface area contributed by atoms with Gasteiger partial charge in [-0.25, -0.2) is 0 Å². The summed E-state index contributed by atoms with van der Waals surface area (Å²) in [6, 6.07) is 0.302. The van der Waals surface area contributed by atoms with E-state index in [0.717, 1.165) is 12.8 Å². The average Bonchev–Trinajstić information content (AvgIpc) is 2.26. The second-order valence-electron chi connectivity index (χ2n) is 6.90. The van der Waals surface area contributed by atoms with Crippen LogP contribution in [0.2, 0.25) is 0 Å². The molecule has 124 valence electrons. The highest BCUT2D eigenvalue weighted by Crippen LogP contribution is 2.28. The molecular weight excluding hydrogens is 262 g/mol. The second kappa shape index (κ2) is 7.59. The highest BCUT2D eigenvalue weighted by Gasteiger charge is 2.37. The maximum Gasteiger partial charge on any atom is 0.120 e. The first-order chi connectivity index (χ1) is 9.51. The van der Waals surface area contributed by atoms with E-state index in [0.29, 0.717) is 23.3 Å². The summed E-state index contributed by atoms with van der Waals surface area (Å²) in [6.07, 6.45) is 3.67. The molecule has 1 saturated heterocycles. The summed E-state index contributed by atoms with van der Waals surface area (Å²) in [6.45, 7) is 14.6. The van der Waals surface area contributed by atoms with Gasteiger partial charge in [0, 0.05) is 22.8 Å². The molecule has 1 rings (SSSR count). The first-order valence-electron chi connectivity index (χ1n) is 7.76. The van der Waals surface area contributed by atoms with Gasteiger partial charge in [0.05, 0.1) is 5.70 Å². The molecule has 0 saturated carbocycles. The number of rotatable bonds is 3. The van der Waals surface area contributed by atoms with E-state index >= 15 is 0 Å². The minimum absolute atomic E-state index is 0.0775. The number of hydrogen-bond acceptors (Lipinski definition) is 5. The molecule has 0 unspecified atom stereocenters. The van der Waals surface area contributed by atoms with Gasteiger partial charge in [0.1, 0.15) is 5.82 Å². The van der Waals surface area contributed by atoms with Crippen LogP contribution in [0.25, 0.3) is 0 Å². The molecule has 0 atom stereocenters. The Labute approximate surface area is 130 Å². The maximum atomic E-state index is 6.00. The minimum atomic E-state index is 0.0775. The lowest BCUT2D eigenvalue weighted by molar-refractivity contribution is 0.151. The topological polar surface area (TPSA) is 102 Å². The predicted octanol–water partition coefficient (Wildman–Crippen LogP) is 1.86. The van der Waals surface area contributed by atoms with Gasteiger partial charge in [-0.1, -0.05) is 13.8 Å². The number of nitrogens with two attached hydrogens (primary N) is 3. The largest absolute Gasteiger partial charge is 0.402 e. The van der Waals surface area contributed by atoms with Crippen molar-refractivity contribution in [2.75, 3.05) is 0 Å². The SMILES string of the molecule is C/C(N)=C/C(N)=C(\N)NC1CC(C)(C)NC(C)(C)C1.CC. The van der Waals surface area contributed by atoms with E-state index < -0.39 is 0 Å². The Bertz CT molecular complexity index is 373. The molecule has 5 nitrogen and oxygen atoms in total. The summed E-state index contributed by atoms with van der Waals surface area (Å²) in [7, 11) is 0. The number of piperidine rings is 1. The minimum Gasteiger partial charge on any atom is -0.402 e. The molecule has 21 heavy (non-hydrogen) atoms. The van der Waals surface area contributed by atoms with Gasteiger partial charge in [-0.05, 0) is 53.5 Å². The van der Waals surface area contributed by atoms with E-state index in [-0.39, 0.29) is 11.1 Å². The molecule has 0 aromatic heterocycles. The van der Waals surface area contributed by atoms with Crippen LogP contribution in [-0.4, -0.2) is 17.1 Å².